The van der Waals surface area contributed by atoms with Crippen molar-refractivity contribution in [3.8, 4) is 0 Å². The first-order chi connectivity index (χ1) is 12.0. The maximum atomic E-state index is 2.47. The van der Waals surface area contributed by atoms with Gasteiger partial charge >= 0.3 is 0 Å². The summed E-state index contributed by atoms with van der Waals surface area (Å²) in [5, 5.41) is 0. The highest BCUT2D eigenvalue weighted by molar-refractivity contribution is 5.55. The van der Waals surface area contributed by atoms with Crippen molar-refractivity contribution in [2.75, 3.05) is 0 Å². The lowest BCUT2D eigenvalue weighted by Crippen LogP contribution is -2.33. The summed E-state index contributed by atoms with van der Waals surface area (Å²) >= 11 is 0. The van der Waals surface area contributed by atoms with Crippen molar-refractivity contribution in [2.24, 2.45) is 11.3 Å². The fourth-order valence-corrected chi connectivity index (χ4v) is 5.20. The highest BCUT2D eigenvalue weighted by atomic mass is 14.5. The minimum atomic E-state index is 0.0982. The molecule has 0 fully saturated rings. The van der Waals surface area contributed by atoms with Crippen molar-refractivity contribution in [3.63, 3.8) is 0 Å². The molecule has 0 saturated heterocycles. The minimum absolute atomic E-state index is 0.0982. The zero-order chi connectivity index (χ0) is 19.2. The summed E-state index contributed by atoms with van der Waals surface area (Å²) in [6, 6.07) is 7.15. The molecular weight excluding hydrogens is 312 g/mol. The van der Waals surface area contributed by atoms with Crippen LogP contribution in [0.2, 0.25) is 0 Å². The van der Waals surface area contributed by atoms with E-state index in [0.717, 1.165) is 6.42 Å². The average molecular weight is 349 g/mol. The molecule has 0 nitrogen and oxygen atoms in total. The zero-order valence-electron chi connectivity index (χ0n) is 17.8. The standard InChI is InChI=1S/C26H36/c1-19-10-8-9-11-21(14-12-19)26(17-24(3,4)5)18-25(6,7)22-15-13-20(2)16-23(22)26/h8-9,11-16,19H,10,17-18H2,1-7H3/b9-8-,14-12-,21-11+. The number of benzene rings is 1. The van der Waals surface area contributed by atoms with Gasteiger partial charge in [-0.05, 0) is 59.6 Å². The van der Waals surface area contributed by atoms with E-state index < -0.39 is 0 Å². The molecule has 1 aromatic rings. The average Bonchev–Trinajstić information content (AvgIpc) is 2.69. The lowest BCUT2D eigenvalue weighted by molar-refractivity contribution is 0.261. The van der Waals surface area contributed by atoms with E-state index in [9.17, 15) is 0 Å². The van der Waals surface area contributed by atoms with Crippen molar-refractivity contribution in [1.82, 2.24) is 0 Å². The van der Waals surface area contributed by atoms with Gasteiger partial charge in [0.15, 0.2) is 0 Å². The Balaban J connectivity index is 2.25. The zero-order valence-corrected chi connectivity index (χ0v) is 17.8. The molecule has 0 bridgehead atoms. The van der Waals surface area contributed by atoms with Gasteiger partial charge in [0, 0.05) is 5.41 Å². The van der Waals surface area contributed by atoms with E-state index in [1.165, 1.54) is 24.0 Å². The quantitative estimate of drug-likeness (QED) is 0.521. The summed E-state index contributed by atoms with van der Waals surface area (Å²) in [7, 11) is 0. The molecule has 2 atom stereocenters. The van der Waals surface area contributed by atoms with E-state index in [0.29, 0.717) is 5.92 Å². The molecule has 2 unspecified atom stereocenters. The van der Waals surface area contributed by atoms with Crippen LogP contribution in [0.15, 0.2) is 54.2 Å². The molecule has 140 valence electrons. The Morgan fingerprint density at radius 3 is 2.54 bits per heavy atom. The van der Waals surface area contributed by atoms with Gasteiger partial charge < -0.3 is 0 Å². The number of allylic oxidation sites excluding steroid dienone is 6. The number of hydrogen-bond donors (Lipinski definition) is 0. The highest BCUT2D eigenvalue weighted by Crippen LogP contribution is 2.57. The molecule has 1 aromatic carbocycles. The summed E-state index contributed by atoms with van der Waals surface area (Å²) in [5.74, 6) is 0.605. The topological polar surface area (TPSA) is 0 Å². The molecule has 0 heterocycles. The van der Waals surface area contributed by atoms with E-state index >= 15 is 0 Å². The van der Waals surface area contributed by atoms with Gasteiger partial charge in [-0.1, -0.05) is 95.7 Å². The van der Waals surface area contributed by atoms with Crippen LogP contribution < -0.4 is 0 Å². The van der Waals surface area contributed by atoms with E-state index in [-0.39, 0.29) is 16.2 Å². The summed E-state index contributed by atoms with van der Waals surface area (Å²) in [6.45, 7) is 16.6. The maximum absolute atomic E-state index is 2.47. The summed E-state index contributed by atoms with van der Waals surface area (Å²) in [6.07, 6.45) is 15.4. The highest BCUT2D eigenvalue weighted by Gasteiger charge is 2.50. The molecule has 2 aliphatic rings. The van der Waals surface area contributed by atoms with Crippen molar-refractivity contribution in [3.05, 3.63) is 70.8 Å². The molecule has 26 heavy (non-hydrogen) atoms. The Morgan fingerprint density at radius 1 is 1.12 bits per heavy atom. The van der Waals surface area contributed by atoms with Crippen LogP contribution in [0.4, 0.5) is 0 Å². The molecule has 0 aliphatic heterocycles. The molecule has 0 amide bonds. The first-order valence-electron chi connectivity index (χ1n) is 10.2. The van der Waals surface area contributed by atoms with Crippen molar-refractivity contribution in [2.45, 2.75) is 78.6 Å². The van der Waals surface area contributed by atoms with Gasteiger partial charge in [-0.2, -0.15) is 0 Å². The molecule has 0 radical (unpaired) electrons. The van der Waals surface area contributed by atoms with Crippen LogP contribution in [0.3, 0.4) is 0 Å². The molecule has 3 rings (SSSR count). The third-order valence-corrected chi connectivity index (χ3v) is 6.07. The van der Waals surface area contributed by atoms with Crippen LogP contribution in [0.5, 0.6) is 0 Å². The monoisotopic (exact) mass is 348 g/mol. The van der Waals surface area contributed by atoms with Crippen molar-refractivity contribution in [1.29, 1.82) is 0 Å². The lowest BCUT2D eigenvalue weighted by Gasteiger charge is -2.39. The van der Waals surface area contributed by atoms with Gasteiger partial charge in [0.05, 0.1) is 0 Å². The van der Waals surface area contributed by atoms with Gasteiger partial charge in [-0.25, -0.2) is 0 Å². The van der Waals surface area contributed by atoms with Crippen molar-refractivity contribution < 1.29 is 0 Å². The molecule has 0 saturated carbocycles. The lowest BCUT2D eigenvalue weighted by atomic mass is 9.64. The van der Waals surface area contributed by atoms with Crippen LogP contribution in [0.1, 0.15) is 77.5 Å². The number of rotatable bonds is 2. The van der Waals surface area contributed by atoms with Gasteiger partial charge in [0.2, 0.25) is 0 Å². The number of hydrogen-bond acceptors (Lipinski definition) is 0. The van der Waals surface area contributed by atoms with E-state index in [1.807, 2.05) is 0 Å². The second kappa shape index (κ2) is 6.55. The Bertz CT molecular complexity index is 760. The van der Waals surface area contributed by atoms with Crippen LogP contribution in [0.25, 0.3) is 0 Å². The van der Waals surface area contributed by atoms with Crippen LogP contribution in [-0.2, 0) is 10.8 Å². The molecule has 2 aliphatic carbocycles. The summed E-state index contributed by atoms with van der Waals surface area (Å²) in [5.41, 5.74) is 6.55. The van der Waals surface area contributed by atoms with Gasteiger partial charge in [0.1, 0.15) is 0 Å². The Labute approximate surface area is 161 Å². The minimum Gasteiger partial charge on any atom is -0.0840 e. The third kappa shape index (κ3) is 3.61. The second-order valence-electron chi connectivity index (χ2n) is 10.6. The smallest absolute Gasteiger partial charge is 0.0219 e. The first kappa shape index (κ1) is 19.2. The maximum Gasteiger partial charge on any atom is 0.0219 e. The predicted molar refractivity (Wildman–Crippen MR) is 115 cm³/mol. The van der Waals surface area contributed by atoms with E-state index in [1.54, 1.807) is 11.1 Å². The SMILES string of the molecule is Cc1ccc2c(c1)C(CC(C)(C)C)(C1=C/C=C\CC(C)/C=C\1)CC2(C)C. The van der Waals surface area contributed by atoms with E-state index in [4.69, 9.17) is 0 Å². The largest absolute Gasteiger partial charge is 0.0840 e. The van der Waals surface area contributed by atoms with Gasteiger partial charge in [-0.3, -0.25) is 0 Å². The summed E-state index contributed by atoms with van der Waals surface area (Å²) in [4.78, 5) is 0. The van der Waals surface area contributed by atoms with Crippen LogP contribution >= 0.6 is 0 Å². The van der Waals surface area contributed by atoms with Gasteiger partial charge in [-0.15, -0.1) is 0 Å². The molecular formula is C26H36. The van der Waals surface area contributed by atoms with E-state index in [2.05, 4.69) is 97.0 Å². The molecule has 0 N–H and O–H groups in total. The third-order valence-electron chi connectivity index (χ3n) is 6.07. The number of fused-ring (bicyclic) bond motifs is 1. The second-order valence-corrected chi connectivity index (χ2v) is 10.6. The van der Waals surface area contributed by atoms with Gasteiger partial charge in [0.25, 0.3) is 0 Å². The van der Waals surface area contributed by atoms with Crippen LogP contribution in [0, 0.1) is 18.3 Å². The Kier molecular flexibility index (Phi) is 4.84. The Hall–Kier alpha value is -1.56. The first-order valence-corrected chi connectivity index (χ1v) is 10.2. The molecule has 0 spiro atoms. The fourth-order valence-electron chi connectivity index (χ4n) is 5.20. The Morgan fingerprint density at radius 2 is 1.85 bits per heavy atom. The van der Waals surface area contributed by atoms with Crippen LogP contribution in [-0.4, -0.2) is 0 Å². The predicted octanol–water partition coefficient (Wildman–Crippen LogP) is 7.43. The molecule has 0 heteroatoms. The fraction of sp³-hybridized carbons (Fsp3) is 0.538. The summed E-state index contributed by atoms with van der Waals surface area (Å²) < 4.78 is 0. The number of aryl methyl sites for hydroxylation is 1. The van der Waals surface area contributed by atoms with Crippen molar-refractivity contribution >= 4 is 0 Å². The normalized spacial score (nSPS) is 32.1. The molecule has 0 aromatic heterocycles.